The summed E-state index contributed by atoms with van der Waals surface area (Å²) in [5.74, 6) is 0.749. The number of likely N-dealkylation sites (tertiary alicyclic amines) is 1. The van der Waals surface area contributed by atoms with E-state index in [9.17, 15) is 0 Å². The third-order valence-corrected chi connectivity index (χ3v) is 7.98. The Morgan fingerprint density at radius 3 is 2.87 bits per heavy atom. The van der Waals surface area contributed by atoms with E-state index in [2.05, 4.69) is 49.8 Å². The van der Waals surface area contributed by atoms with Crippen LogP contribution in [0.2, 0.25) is 0 Å². The van der Waals surface area contributed by atoms with E-state index >= 15 is 0 Å². The molecule has 2 aliphatic rings. The zero-order chi connectivity index (χ0) is 21.0. The highest BCUT2D eigenvalue weighted by atomic mass is 32.1. The fraction of sp³-hybridized carbons (Fsp3) is 0.600. The number of nitrogens with zero attached hydrogens (tertiary/aromatic N) is 5. The first-order valence-corrected chi connectivity index (χ1v) is 12.9. The van der Waals surface area contributed by atoms with Crippen LogP contribution in [0.4, 0.5) is 0 Å². The van der Waals surface area contributed by atoms with E-state index in [0.29, 0.717) is 0 Å². The fourth-order valence-electron chi connectivity index (χ4n) is 5.67. The standard InChI is InChI=1S/C25H35N5S/c1-20-24(30-13-14-31-25(30)27-20)19-28(16-21-7-5-11-26-15-21)17-22-8-6-12-29(18-22)23-9-3-2-4-10-23/h5,7,11,13-15,22-23H,2-4,6,8-10,12,16-19H2,1H3/t22-/m0/s1. The molecule has 31 heavy (non-hydrogen) atoms. The van der Waals surface area contributed by atoms with Crippen LogP contribution in [0.3, 0.4) is 0 Å². The topological polar surface area (TPSA) is 36.7 Å². The Balaban J connectivity index is 1.31. The molecule has 0 spiro atoms. The Hall–Kier alpha value is -1.76. The Kier molecular flexibility index (Phi) is 6.67. The summed E-state index contributed by atoms with van der Waals surface area (Å²) in [5, 5.41) is 2.14. The summed E-state index contributed by atoms with van der Waals surface area (Å²) in [6, 6.07) is 5.10. The molecule has 0 amide bonds. The minimum absolute atomic E-state index is 0.749. The van der Waals surface area contributed by atoms with E-state index in [1.807, 2.05) is 12.4 Å². The minimum Gasteiger partial charge on any atom is -0.300 e. The molecule has 0 N–H and O–H groups in total. The second kappa shape index (κ2) is 9.80. The zero-order valence-corrected chi connectivity index (χ0v) is 19.6. The van der Waals surface area contributed by atoms with Gasteiger partial charge in [0.25, 0.3) is 0 Å². The van der Waals surface area contributed by atoms with Crippen molar-refractivity contribution in [2.45, 2.75) is 71.0 Å². The maximum absolute atomic E-state index is 4.79. The highest BCUT2D eigenvalue weighted by molar-refractivity contribution is 7.15. The quantitative estimate of drug-likeness (QED) is 0.512. The summed E-state index contributed by atoms with van der Waals surface area (Å²) in [7, 11) is 0. The summed E-state index contributed by atoms with van der Waals surface area (Å²) in [6.45, 7) is 7.77. The van der Waals surface area contributed by atoms with Crippen LogP contribution in [0.1, 0.15) is 61.9 Å². The molecule has 1 atom stereocenters. The number of pyridine rings is 1. The van der Waals surface area contributed by atoms with Gasteiger partial charge in [-0.05, 0) is 56.7 Å². The molecular formula is C25H35N5S. The van der Waals surface area contributed by atoms with Crippen LogP contribution in [0.15, 0.2) is 36.1 Å². The highest BCUT2D eigenvalue weighted by Gasteiger charge is 2.28. The summed E-state index contributed by atoms with van der Waals surface area (Å²) >= 11 is 1.72. The Morgan fingerprint density at radius 1 is 1.13 bits per heavy atom. The first kappa shape index (κ1) is 21.1. The van der Waals surface area contributed by atoms with Crippen molar-refractivity contribution in [2.24, 2.45) is 5.92 Å². The van der Waals surface area contributed by atoms with Crippen molar-refractivity contribution in [1.29, 1.82) is 0 Å². The monoisotopic (exact) mass is 437 g/mol. The van der Waals surface area contributed by atoms with E-state index in [1.165, 1.54) is 69.3 Å². The molecule has 1 aliphatic heterocycles. The molecule has 1 aliphatic carbocycles. The van der Waals surface area contributed by atoms with Gasteiger partial charge in [-0.3, -0.25) is 14.3 Å². The van der Waals surface area contributed by atoms with Crippen LogP contribution >= 0.6 is 11.3 Å². The molecular weight excluding hydrogens is 402 g/mol. The molecule has 5 nitrogen and oxygen atoms in total. The molecule has 3 aromatic heterocycles. The molecule has 1 saturated carbocycles. The van der Waals surface area contributed by atoms with Gasteiger partial charge in [-0.25, -0.2) is 4.98 Å². The number of hydrogen-bond acceptors (Lipinski definition) is 5. The summed E-state index contributed by atoms with van der Waals surface area (Å²) in [4.78, 5) is 15.7. The van der Waals surface area contributed by atoms with Gasteiger partial charge in [0.05, 0.1) is 11.4 Å². The minimum atomic E-state index is 0.749. The van der Waals surface area contributed by atoms with Gasteiger partial charge in [0.2, 0.25) is 0 Å². The van der Waals surface area contributed by atoms with Crippen molar-refractivity contribution < 1.29 is 0 Å². The van der Waals surface area contributed by atoms with Gasteiger partial charge in [0.1, 0.15) is 0 Å². The number of aryl methyl sites for hydroxylation is 1. The van der Waals surface area contributed by atoms with Crippen molar-refractivity contribution in [1.82, 2.24) is 24.2 Å². The second-order valence-corrected chi connectivity index (χ2v) is 10.4. The molecule has 0 radical (unpaired) electrons. The van der Waals surface area contributed by atoms with Crippen LogP contribution in [-0.2, 0) is 13.1 Å². The number of piperidine rings is 1. The SMILES string of the molecule is Cc1nc2sccn2c1CN(Cc1cccnc1)C[C@@H]1CCCN(C2CCCCC2)C1. The molecule has 1 saturated heterocycles. The highest BCUT2D eigenvalue weighted by Crippen LogP contribution is 2.28. The molecule has 6 heteroatoms. The van der Waals surface area contributed by atoms with Crippen LogP contribution in [0.25, 0.3) is 4.96 Å². The van der Waals surface area contributed by atoms with Crippen molar-refractivity contribution in [3.63, 3.8) is 0 Å². The number of aromatic nitrogens is 3. The van der Waals surface area contributed by atoms with Crippen LogP contribution in [0, 0.1) is 12.8 Å². The van der Waals surface area contributed by atoms with Crippen molar-refractivity contribution in [3.8, 4) is 0 Å². The Bertz CT molecular complexity index is 959. The van der Waals surface area contributed by atoms with E-state index in [-0.39, 0.29) is 0 Å². The third-order valence-electron chi connectivity index (χ3n) is 7.22. The zero-order valence-electron chi connectivity index (χ0n) is 18.7. The fourth-order valence-corrected chi connectivity index (χ4v) is 6.45. The average molecular weight is 438 g/mol. The smallest absolute Gasteiger partial charge is 0.194 e. The summed E-state index contributed by atoms with van der Waals surface area (Å²) in [5.41, 5.74) is 3.79. The van der Waals surface area contributed by atoms with Crippen LogP contribution in [0.5, 0.6) is 0 Å². The van der Waals surface area contributed by atoms with E-state index in [4.69, 9.17) is 4.98 Å². The third kappa shape index (κ3) is 5.02. The molecule has 166 valence electrons. The lowest BCUT2D eigenvalue weighted by Gasteiger charge is -2.41. The predicted octanol–water partition coefficient (Wildman–Crippen LogP) is 5.15. The van der Waals surface area contributed by atoms with Crippen LogP contribution < -0.4 is 0 Å². The van der Waals surface area contributed by atoms with Gasteiger partial charge in [-0.15, -0.1) is 11.3 Å². The Labute approximate surface area is 190 Å². The molecule has 3 aromatic rings. The van der Waals surface area contributed by atoms with E-state index in [1.54, 1.807) is 11.3 Å². The van der Waals surface area contributed by atoms with Crippen molar-refractivity contribution >= 4 is 16.3 Å². The number of fused-ring (bicyclic) bond motifs is 1. The summed E-state index contributed by atoms with van der Waals surface area (Å²) < 4.78 is 2.28. The van der Waals surface area contributed by atoms with Gasteiger partial charge in [0, 0.05) is 56.2 Å². The molecule has 2 fully saturated rings. The van der Waals surface area contributed by atoms with Crippen molar-refractivity contribution in [3.05, 3.63) is 53.1 Å². The molecule has 5 rings (SSSR count). The first-order chi connectivity index (χ1) is 15.3. The maximum Gasteiger partial charge on any atom is 0.194 e. The molecule has 0 unspecified atom stereocenters. The molecule has 0 bridgehead atoms. The number of imidazole rings is 1. The number of rotatable bonds is 7. The molecule has 4 heterocycles. The predicted molar refractivity (Wildman–Crippen MR) is 127 cm³/mol. The van der Waals surface area contributed by atoms with Gasteiger partial charge in [0.15, 0.2) is 4.96 Å². The summed E-state index contributed by atoms with van der Waals surface area (Å²) in [6.07, 6.45) is 15.9. The van der Waals surface area contributed by atoms with Crippen LogP contribution in [-0.4, -0.2) is 49.8 Å². The van der Waals surface area contributed by atoms with Gasteiger partial charge < -0.3 is 4.90 Å². The van der Waals surface area contributed by atoms with Gasteiger partial charge >= 0.3 is 0 Å². The number of thiazole rings is 1. The Morgan fingerprint density at radius 2 is 2.03 bits per heavy atom. The normalized spacial score (nSPS) is 21.3. The second-order valence-electron chi connectivity index (χ2n) is 9.53. The number of hydrogen-bond donors (Lipinski definition) is 0. The van der Waals surface area contributed by atoms with Gasteiger partial charge in [-0.2, -0.15) is 0 Å². The molecule has 0 aromatic carbocycles. The maximum atomic E-state index is 4.79. The average Bonchev–Trinajstić information content (AvgIpc) is 3.37. The lowest BCUT2D eigenvalue weighted by atomic mass is 9.90. The van der Waals surface area contributed by atoms with E-state index in [0.717, 1.165) is 42.2 Å². The lowest BCUT2D eigenvalue weighted by Crippen LogP contribution is -2.46. The lowest BCUT2D eigenvalue weighted by molar-refractivity contribution is 0.0767. The van der Waals surface area contributed by atoms with E-state index < -0.39 is 0 Å². The first-order valence-electron chi connectivity index (χ1n) is 12.0. The van der Waals surface area contributed by atoms with Crippen molar-refractivity contribution in [2.75, 3.05) is 19.6 Å². The van der Waals surface area contributed by atoms with Gasteiger partial charge in [-0.1, -0.05) is 25.3 Å². The largest absolute Gasteiger partial charge is 0.300 e.